The van der Waals surface area contributed by atoms with E-state index in [1.165, 1.54) is 0 Å². The number of hydrogen-bond acceptors (Lipinski definition) is 8. The van der Waals surface area contributed by atoms with Crippen LogP contribution in [0.4, 0.5) is 10.5 Å². The molecule has 2 atom stereocenters. The topological polar surface area (TPSA) is 189 Å². The molecule has 0 radical (unpaired) electrons. The highest BCUT2D eigenvalue weighted by atomic mass is 79.9. The fourth-order valence-corrected chi connectivity index (χ4v) is 5.06. The number of ether oxygens (including phenoxy) is 1. The van der Waals surface area contributed by atoms with Crippen LogP contribution in [0.3, 0.4) is 0 Å². The monoisotopic (exact) mass is 680 g/mol. The minimum absolute atomic E-state index is 0.188. The van der Waals surface area contributed by atoms with Gasteiger partial charge in [-0.25, -0.2) is 4.79 Å². The smallest absolute Gasteiger partial charge is 0.316 e. The first-order valence-corrected chi connectivity index (χ1v) is 16.1. The lowest BCUT2D eigenvalue weighted by Gasteiger charge is -2.29. The van der Waals surface area contributed by atoms with Crippen LogP contribution in [-0.4, -0.2) is 78.9 Å². The normalized spacial score (nSPS) is 15.1. The highest BCUT2D eigenvalue weighted by molar-refractivity contribution is 9.08. The molecule has 0 saturated carbocycles. The molecule has 244 valence electrons. The molecule has 5 amide bonds. The van der Waals surface area contributed by atoms with E-state index in [1.807, 2.05) is 12.1 Å². The van der Waals surface area contributed by atoms with Crippen molar-refractivity contribution in [3.63, 3.8) is 0 Å². The molecule has 1 saturated heterocycles. The highest BCUT2D eigenvalue weighted by Gasteiger charge is 2.30. The largest absolute Gasteiger partial charge is 0.393 e. The van der Waals surface area contributed by atoms with Crippen molar-refractivity contribution in [2.24, 2.45) is 17.6 Å². The van der Waals surface area contributed by atoms with E-state index in [9.17, 15) is 28.8 Å². The maximum atomic E-state index is 13.3. The Kier molecular flexibility index (Phi) is 15.8. The molecule has 14 heteroatoms. The van der Waals surface area contributed by atoms with E-state index in [1.54, 1.807) is 26.0 Å². The first kappa shape index (κ1) is 36.7. The highest BCUT2D eigenvalue weighted by Crippen LogP contribution is 2.19. The molecule has 0 spiro atoms. The zero-order chi connectivity index (χ0) is 32.6. The van der Waals surface area contributed by atoms with Gasteiger partial charge in [-0.2, -0.15) is 0 Å². The third-order valence-corrected chi connectivity index (χ3v) is 8.03. The molecule has 0 aromatic heterocycles. The number of likely N-dealkylation sites (tertiary alicyclic amines) is 1. The second-order valence-corrected chi connectivity index (χ2v) is 11.7. The number of hydrogen-bond donors (Lipinski definition) is 5. The number of urea groups is 1. The summed E-state index contributed by atoms with van der Waals surface area (Å²) in [4.78, 5) is 77.0. The molecule has 0 unspecified atom stereocenters. The molecule has 1 fully saturated rings. The second-order valence-electron chi connectivity index (χ2n) is 11.1. The van der Waals surface area contributed by atoms with Crippen LogP contribution in [0, 0.1) is 11.8 Å². The number of alkyl halides is 1. The molecular formula is C30H45BrN6O7. The average Bonchev–Trinajstić information content (AvgIpc) is 3.00. The van der Waals surface area contributed by atoms with Gasteiger partial charge in [0.15, 0.2) is 0 Å². The van der Waals surface area contributed by atoms with E-state index in [2.05, 4.69) is 49.0 Å². The summed E-state index contributed by atoms with van der Waals surface area (Å²) in [6.45, 7) is 8.16. The Balaban J connectivity index is 1.94. The minimum Gasteiger partial charge on any atom is -0.393 e. The van der Waals surface area contributed by atoms with E-state index < -0.39 is 47.8 Å². The third kappa shape index (κ3) is 13.0. The Labute approximate surface area is 266 Å². The van der Waals surface area contributed by atoms with Crippen molar-refractivity contribution in [2.45, 2.75) is 76.7 Å². The van der Waals surface area contributed by atoms with Crippen molar-refractivity contribution in [2.75, 3.05) is 31.5 Å². The molecule has 44 heavy (non-hydrogen) atoms. The summed E-state index contributed by atoms with van der Waals surface area (Å²) in [6, 6.07) is 4.51. The summed E-state index contributed by atoms with van der Waals surface area (Å²) in [7, 11) is 0. The number of nitrogens with two attached hydrogens (primary N) is 1. The van der Waals surface area contributed by atoms with Gasteiger partial charge in [0.1, 0.15) is 12.1 Å². The zero-order valence-electron chi connectivity index (χ0n) is 25.7. The number of esters is 2. The first-order valence-electron chi connectivity index (χ1n) is 15.0. The van der Waals surface area contributed by atoms with Crippen molar-refractivity contribution in [3.05, 3.63) is 29.8 Å². The predicted octanol–water partition coefficient (Wildman–Crippen LogP) is 2.18. The minimum atomic E-state index is -0.999. The SMILES string of the molecule is CCN1CCC(C(=O)OC(=O)CCC(=O)N[C@H](C(=O)N[C@@H](CCCNC(N)=O)C(=O)Nc2ccc(CBr)cc2)C(C)C)CC1. The number of carbonyl (C=O) groups is 6. The van der Waals surface area contributed by atoms with Gasteiger partial charge < -0.3 is 36.6 Å². The van der Waals surface area contributed by atoms with Crippen molar-refractivity contribution in [1.29, 1.82) is 0 Å². The number of amides is 5. The van der Waals surface area contributed by atoms with Crippen LogP contribution in [0.15, 0.2) is 24.3 Å². The lowest BCUT2D eigenvalue weighted by atomic mass is 9.97. The molecule has 6 N–H and O–H groups in total. The number of rotatable bonds is 16. The van der Waals surface area contributed by atoms with Gasteiger partial charge in [0.25, 0.3) is 0 Å². The number of halogens is 1. The standard InChI is InChI=1S/C30H45BrN6O7/c1-4-37-16-13-21(14-17-37)29(42)44-25(39)12-11-24(38)36-26(19(2)3)28(41)35-23(6-5-15-33-30(32)43)27(40)34-22-9-7-20(18-31)8-10-22/h7-10,19,21,23,26H,4-6,11-18H2,1-3H3,(H,34,40)(H,35,41)(H,36,38)(H3,32,33,43)/t23-,26-/m0/s1. The molecule has 2 rings (SSSR count). The van der Waals surface area contributed by atoms with Gasteiger partial charge in [-0.1, -0.05) is 48.8 Å². The van der Waals surface area contributed by atoms with Gasteiger partial charge in [0, 0.05) is 24.0 Å². The van der Waals surface area contributed by atoms with E-state index in [0.29, 0.717) is 30.3 Å². The van der Waals surface area contributed by atoms with Crippen molar-refractivity contribution >= 4 is 57.3 Å². The molecule has 1 aromatic rings. The fourth-order valence-electron chi connectivity index (χ4n) is 4.68. The van der Waals surface area contributed by atoms with Gasteiger partial charge in [0.05, 0.1) is 12.3 Å². The van der Waals surface area contributed by atoms with Crippen LogP contribution in [0.25, 0.3) is 0 Å². The molecule has 0 aliphatic carbocycles. The Hall–Kier alpha value is -3.52. The van der Waals surface area contributed by atoms with E-state index >= 15 is 0 Å². The quantitative estimate of drug-likeness (QED) is 0.0760. The van der Waals surface area contributed by atoms with Crippen molar-refractivity contribution < 1.29 is 33.5 Å². The van der Waals surface area contributed by atoms with Crippen LogP contribution < -0.4 is 27.0 Å². The molecule has 0 bridgehead atoms. The first-order chi connectivity index (χ1) is 20.9. The van der Waals surface area contributed by atoms with Gasteiger partial charge >= 0.3 is 18.0 Å². The van der Waals surface area contributed by atoms with Crippen LogP contribution in [0.1, 0.15) is 64.9 Å². The number of nitrogens with zero attached hydrogens (tertiary/aromatic N) is 1. The number of nitrogens with one attached hydrogen (secondary N) is 4. The molecule has 1 heterocycles. The van der Waals surface area contributed by atoms with Crippen LogP contribution in [0.5, 0.6) is 0 Å². The van der Waals surface area contributed by atoms with Gasteiger partial charge in [-0.3, -0.25) is 24.0 Å². The van der Waals surface area contributed by atoms with Gasteiger partial charge in [-0.05, 0) is 68.9 Å². The lowest BCUT2D eigenvalue weighted by molar-refractivity contribution is -0.164. The van der Waals surface area contributed by atoms with Crippen LogP contribution in [-0.2, 0) is 34.0 Å². The summed E-state index contributed by atoms with van der Waals surface area (Å²) in [5.41, 5.74) is 6.68. The third-order valence-electron chi connectivity index (χ3n) is 7.38. The molecule has 1 aromatic carbocycles. The van der Waals surface area contributed by atoms with Gasteiger partial charge in [-0.15, -0.1) is 0 Å². The van der Waals surface area contributed by atoms with Crippen molar-refractivity contribution in [1.82, 2.24) is 20.9 Å². The molecular weight excluding hydrogens is 636 g/mol. The Morgan fingerprint density at radius 3 is 2.23 bits per heavy atom. The van der Waals surface area contributed by atoms with Crippen LogP contribution >= 0.6 is 15.9 Å². The lowest BCUT2D eigenvalue weighted by Crippen LogP contribution is -2.54. The number of piperidine rings is 1. The molecule has 1 aliphatic heterocycles. The molecule has 1 aliphatic rings. The fraction of sp³-hybridized carbons (Fsp3) is 0.600. The van der Waals surface area contributed by atoms with E-state index in [0.717, 1.165) is 25.2 Å². The Morgan fingerprint density at radius 2 is 1.66 bits per heavy atom. The summed E-state index contributed by atoms with van der Waals surface area (Å²) < 4.78 is 4.97. The summed E-state index contributed by atoms with van der Waals surface area (Å²) in [5, 5.41) is 11.2. The second kappa shape index (κ2) is 19.0. The summed E-state index contributed by atoms with van der Waals surface area (Å²) >= 11 is 3.37. The van der Waals surface area contributed by atoms with Crippen molar-refractivity contribution in [3.8, 4) is 0 Å². The van der Waals surface area contributed by atoms with E-state index in [-0.39, 0.29) is 37.6 Å². The summed E-state index contributed by atoms with van der Waals surface area (Å²) in [5.74, 6) is -3.67. The zero-order valence-corrected chi connectivity index (χ0v) is 27.2. The number of benzene rings is 1. The maximum Gasteiger partial charge on any atom is 0.316 e. The van der Waals surface area contributed by atoms with Gasteiger partial charge in [0.2, 0.25) is 17.7 Å². The molecule has 13 nitrogen and oxygen atoms in total. The maximum absolute atomic E-state index is 13.3. The predicted molar refractivity (Wildman–Crippen MR) is 168 cm³/mol. The van der Waals surface area contributed by atoms with E-state index in [4.69, 9.17) is 10.5 Å². The Bertz CT molecular complexity index is 1140. The number of primary amides is 1. The number of anilines is 1. The summed E-state index contributed by atoms with van der Waals surface area (Å²) in [6.07, 6.45) is 1.19. The van der Waals surface area contributed by atoms with Crippen LogP contribution in [0.2, 0.25) is 0 Å². The average molecular weight is 682 g/mol. The Morgan fingerprint density at radius 1 is 1.00 bits per heavy atom. The number of carbonyl (C=O) groups excluding carboxylic acids is 6.